The zero-order valence-electron chi connectivity index (χ0n) is 14.6. The Labute approximate surface area is 146 Å². The highest BCUT2D eigenvalue weighted by Crippen LogP contribution is 2.27. The lowest BCUT2D eigenvalue weighted by Gasteiger charge is -2.20. The van der Waals surface area contributed by atoms with Gasteiger partial charge < -0.3 is 20.1 Å². The van der Waals surface area contributed by atoms with E-state index in [9.17, 15) is 14.0 Å². The van der Waals surface area contributed by atoms with Crippen molar-refractivity contribution < 1.29 is 23.5 Å². The van der Waals surface area contributed by atoms with Gasteiger partial charge in [0.25, 0.3) is 0 Å². The zero-order valence-corrected chi connectivity index (χ0v) is 14.6. The normalized spacial score (nSPS) is 14.4. The predicted octanol–water partition coefficient (Wildman–Crippen LogP) is 3.33. The molecule has 6 nitrogen and oxygen atoms in total. The Hall–Kier alpha value is -2.57. The smallest absolute Gasteiger partial charge is 0.407 e. The number of carbonyl (C=O) groups is 2. The monoisotopic (exact) mass is 350 g/mol. The van der Waals surface area contributed by atoms with E-state index in [0.29, 0.717) is 30.6 Å². The number of carbonyl (C=O) groups excluding carboxylic acids is 2. The van der Waals surface area contributed by atoms with Crippen LogP contribution in [0.4, 0.5) is 14.9 Å². The molecule has 0 unspecified atom stereocenters. The summed E-state index contributed by atoms with van der Waals surface area (Å²) in [5.74, 6) is 0.480. The minimum Gasteiger partial charge on any atom is -0.489 e. The van der Waals surface area contributed by atoms with E-state index in [1.807, 2.05) is 6.07 Å². The average molecular weight is 350 g/mol. The number of fused-ring (bicyclic) bond motifs is 1. The first-order valence-electron chi connectivity index (χ1n) is 8.07. The maximum Gasteiger partial charge on any atom is 0.407 e. The molecule has 1 aliphatic rings. The fourth-order valence-corrected chi connectivity index (χ4v) is 2.24. The molecular formula is C18H23FN2O4. The summed E-state index contributed by atoms with van der Waals surface area (Å²) in [6.45, 7) is 5.19. The standard InChI is InChI=1S/C18H23FN2O4/c1-18(2,3)25-17(23)20-10-12(9-19)11-24-14-6-4-13-5-7-16(22)21-15(13)8-14/h4,6,8-9H,5,7,10-11H2,1-3H3,(H,20,23)(H,21,22)/b12-9+. The van der Waals surface area contributed by atoms with Crippen molar-refractivity contribution in [2.24, 2.45) is 0 Å². The number of amides is 2. The van der Waals surface area contributed by atoms with Crippen LogP contribution in [0, 0.1) is 0 Å². The molecule has 7 heteroatoms. The molecule has 0 saturated carbocycles. The highest BCUT2D eigenvalue weighted by Gasteiger charge is 2.17. The van der Waals surface area contributed by atoms with Crippen molar-refractivity contribution in [2.75, 3.05) is 18.5 Å². The van der Waals surface area contributed by atoms with E-state index in [4.69, 9.17) is 9.47 Å². The minimum atomic E-state index is -0.622. The molecule has 0 atom stereocenters. The summed E-state index contributed by atoms with van der Waals surface area (Å²) in [7, 11) is 0. The van der Waals surface area contributed by atoms with Crippen LogP contribution in [0.25, 0.3) is 0 Å². The molecule has 2 rings (SSSR count). The molecule has 1 aromatic carbocycles. The molecular weight excluding hydrogens is 327 g/mol. The van der Waals surface area contributed by atoms with Crippen molar-refractivity contribution >= 4 is 17.7 Å². The second kappa shape index (κ2) is 8.00. The van der Waals surface area contributed by atoms with Crippen LogP contribution in [0.5, 0.6) is 5.75 Å². The van der Waals surface area contributed by atoms with Gasteiger partial charge in [-0.15, -0.1) is 0 Å². The fraction of sp³-hybridized carbons (Fsp3) is 0.444. The molecule has 0 bridgehead atoms. The molecule has 1 heterocycles. The van der Waals surface area contributed by atoms with Gasteiger partial charge in [0.2, 0.25) is 5.91 Å². The van der Waals surface area contributed by atoms with E-state index in [2.05, 4.69) is 10.6 Å². The van der Waals surface area contributed by atoms with Crippen LogP contribution < -0.4 is 15.4 Å². The van der Waals surface area contributed by atoms with Gasteiger partial charge in [0.15, 0.2) is 0 Å². The quantitative estimate of drug-likeness (QED) is 0.854. The molecule has 0 aliphatic carbocycles. The van der Waals surface area contributed by atoms with E-state index in [1.165, 1.54) is 0 Å². The van der Waals surface area contributed by atoms with Gasteiger partial charge in [-0.2, -0.15) is 0 Å². The highest BCUT2D eigenvalue weighted by atomic mass is 19.1. The van der Waals surface area contributed by atoms with Gasteiger partial charge in [-0.05, 0) is 38.8 Å². The van der Waals surface area contributed by atoms with Crippen molar-refractivity contribution in [3.63, 3.8) is 0 Å². The van der Waals surface area contributed by atoms with Gasteiger partial charge in [0.05, 0.1) is 6.33 Å². The summed E-state index contributed by atoms with van der Waals surface area (Å²) in [5, 5.41) is 5.26. The molecule has 0 fully saturated rings. The third kappa shape index (κ3) is 6.10. The number of nitrogens with one attached hydrogen (secondary N) is 2. The first-order chi connectivity index (χ1) is 11.8. The SMILES string of the molecule is CC(C)(C)OC(=O)NC/C(=C\F)COc1ccc2c(c1)NC(=O)CC2. The molecule has 0 spiro atoms. The van der Waals surface area contributed by atoms with E-state index >= 15 is 0 Å². The maximum absolute atomic E-state index is 13.0. The van der Waals surface area contributed by atoms with E-state index in [1.54, 1.807) is 32.9 Å². The number of anilines is 1. The molecule has 25 heavy (non-hydrogen) atoms. The Morgan fingerprint density at radius 1 is 1.36 bits per heavy atom. The number of hydrogen-bond donors (Lipinski definition) is 2. The first-order valence-corrected chi connectivity index (χ1v) is 8.07. The number of benzene rings is 1. The lowest BCUT2D eigenvalue weighted by Crippen LogP contribution is -2.34. The average Bonchev–Trinajstić information content (AvgIpc) is 2.53. The van der Waals surface area contributed by atoms with Crippen LogP contribution in [-0.4, -0.2) is 30.8 Å². The first kappa shape index (κ1) is 18.8. The van der Waals surface area contributed by atoms with Gasteiger partial charge in [0, 0.05) is 30.3 Å². The van der Waals surface area contributed by atoms with E-state index < -0.39 is 11.7 Å². The molecule has 1 aliphatic heterocycles. The molecule has 0 saturated heterocycles. The van der Waals surface area contributed by atoms with Crippen LogP contribution in [-0.2, 0) is 16.0 Å². The third-order valence-corrected chi connectivity index (χ3v) is 3.41. The summed E-state index contributed by atoms with van der Waals surface area (Å²) in [6.07, 6.45) is 0.940. The Kier molecular flexibility index (Phi) is 6.01. The molecule has 136 valence electrons. The van der Waals surface area contributed by atoms with Gasteiger partial charge >= 0.3 is 6.09 Å². The predicted molar refractivity (Wildman–Crippen MR) is 92.3 cm³/mol. The van der Waals surface area contributed by atoms with E-state index in [0.717, 1.165) is 5.56 Å². The van der Waals surface area contributed by atoms with Crippen LogP contribution in [0.15, 0.2) is 30.1 Å². The Morgan fingerprint density at radius 2 is 2.12 bits per heavy atom. The Balaban J connectivity index is 1.86. The number of ether oxygens (including phenoxy) is 2. The summed E-state index contributed by atoms with van der Waals surface area (Å²) in [6, 6.07) is 5.36. The third-order valence-electron chi connectivity index (χ3n) is 3.41. The van der Waals surface area contributed by atoms with Gasteiger partial charge in [0.1, 0.15) is 18.0 Å². The van der Waals surface area contributed by atoms with Crippen molar-refractivity contribution in [3.05, 3.63) is 35.7 Å². The number of alkyl carbamates (subject to hydrolysis) is 1. The Morgan fingerprint density at radius 3 is 2.80 bits per heavy atom. The topological polar surface area (TPSA) is 76.7 Å². The fourth-order valence-electron chi connectivity index (χ4n) is 2.24. The van der Waals surface area contributed by atoms with Crippen molar-refractivity contribution in [3.8, 4) is 5.75 Å². The largest absolute Gasteiger partial charge is 0.489 e. The second-order valence-electron chi connectivity index (χ2n) is 6.78. The van der Waals surface area contributed by atoms with Crippen LogP contribution in [0.1, 0.15) is 32.8 Å². The second-order valence-corrected chi connectivity index (χ2v) is 6.78. The van der Waals surface area contributed by atoms with Gasteiger partial charge in [-0.25, -0.2) is 9.18 Å². The number of hydrogen-bond acceptors (Lipinski definition) is 4. The van der Waals surface area contributed by atoms with Crippen LogP contribution in [0.3, 0.4) is 0 Å². The molecule has 1 aromatic rings. The molecule has 0 aromatic heterocycles. The molecule has 2 N–H and O–H groups in total. The highest BCUT2D eigenvalue weighted by molar-refractivity contribution is 5.94. The van der Waals surface area contributed by atoms with Crippen molar-refractivity contribution in [1.82, 2.24) is 5.32 Å². The van der Waals surface area contributed by atoms with E-state index in [-0.39, 0.29) is 24.6 Å². The summed E-state index contributed by atoms with van der Waals surface area (Å²) < 4.78 is 23.6. The number of rotatable bonds is 5. The maximum atomic E-state index is 13.0. The molecule has 0 radical (unpaired) electrons. The summed E-state index contributed by atoms with van der Waals surface area (Å²) >= 11 is 0. The summed E-state index contributed by atoms with van der Waals surface area (Å²) in [5.41, 5.74) is 1.40. The minimum absolute atomic E-state index is 0.0207. The Bertz CT molecular complexity index is 680. The number of aryl methyl sites for hydroxylation is 1. The zero-order chi connectivity index (χ0) is 18.4. The van der Waals surface area contributed by atoms with Crippen molar-refractivity contribution in [1.29, 1.82) is 0 Å². The molecule has 2 amide bonds. The van der Waals surface area contributed by atoms with Gasteiger partial charge in [-0.3, -0.25) is 4.79 Å². The summed E-state index contributed by atoms with van der Waals surface area (Å²) in [4.78, 5) is 23.0. The number of halogens is 1. The van der Waals surface area contributed by atoms with Crippen LogP contribution in [0.2, 0.25) is 0 Å². The van der Waals surface area contributed by atoms with Crippen molar-refractivity contribution in [2.45, 2.75) is 39.2 Å². The van der Waals surface area contributed by atoms with Crippen LogP contribution >= 0.6 is 0 Å². The van der Waals surface area contributed by atoms with Gasteiger partial charge in [-0.1, -0.05) is 6.07 Å². The lowest BCUT2D eigenvalue weighted by molar-refractivity contribution is -0.116. The lowest BCUT2D eigenvalue weighted by atomic mass is 10.0.